The summed E-state index contributed by atoms with van der Waals surface area (Å²) in [6, 6.07) is 9.24. The van der Waals surface area contributed by atoms with Crippen LogP contribution in [0.2, 0.25) is 10.0 Å². The van der Waals surface area contributed by atoms with E-state index in [0.717, 1.165) is 0 Å². The Balaban J connectivity index is 2.03. The zero-order chi connectivity index (χ0) is 14.3. The molecule has 20 heavy (non-hydrogen) atoms. The standard InChI is InChI=1S/C15H11Cl2FO2/c16-10-2-1-3-11(17)15(10)14-7-12(19)9-5-4-8(18)6-13(9)20-14/h1-6,12,14,19H,7H2. The van der Waals surface area contributed by atoms with E-state index >= 15 is 0 Å². The van der Waals surface area contributed by atoms with Gasteiger partial charge in [-0.1, -0.05) is 29.3 Å². The lowest BCUT2D eigenvalue weighted by Gasteiger charge is -2.30. The van der Waals surface area contributed by atoms with Crippen molar-refractivity contribution in [2.75, 3.05) is 0 Å². The van der Waals surface area contributed by atoms with Gasteiger partial charge in [0.2, 0.25) is 0 Å². The highest BCUT2D eigenvalue weighted by atomic mass is 35.5. The van der Waals surface area contributed by atoms with Gasteiger partial charge in [-0.2, -0.15) is 0 Å². The van der Waals surface area contributed by atoms with Gasteiger partial charge >= 0.3 is 0 Å². The van der Waals surface area contributed by atoms with Crippen molar-refractivity contribution in [1.29, 1.82) is 0 Å². The number of hydrogen-bond acceptors (Lipinski definition) is 2. The van der Waals surface area contributed by atoms with E-state index in [1.54, 1.807) is 18.2 Å². The molecule has 2 unspecified atom stereocenters. The first-order valence-corrected chi connectivity index (χ1v) is 6.90. The molecule has 0 fully saturated rings. The lowest BCUT2D eigenvalue weighted by molar-refractivity contribution is 0.0655. The van der Waals surface area contributed by atoms with Gasteiger partial charge in [-0.3, -0.25) is 0 Å². The third kappa shape index (κ3) is 2.37. The topological polar surface area (TPSA) is 29.5 Å². The second-order valence-corrected chi connectivity index (χ2v) is 5.49. The fraction of sp³-hybridized carbons (Fsp3) is 0.200. The van der Waals surface area contributed by atoms with Crippen LogP contribution in [0.5, 0.6) is 5.75 Å². The minimum atomic E-state index is -0.739. The quantitative estimate of drug-likeness (QED) is 0.827. The molecule has 0 saturated carbocycles. The smallest absolute Gasteiger partial charge is 0.129 e. The van der Waals surface area contributed by atoms with E-state index in [0.29, 0.717) is 33.3 Å². The summed E-state index contributed by atoms with van der Waals surface area (Å²) in [5.41, 5.74) is 1.19. The van der Waals surface area contributed by atoms with Gasteiger partial charge in [0.25, 0.3) is 0 Å². The second kappa shape index (κ2) is 5.24. The highest BCUT2D eigenvalue weighted by molar-refractivity contribution is 6.36. The van der Waals surface area contributed by atoms with Crippen LogP contribution >= 0.6 is 23.2 Å². The van der Waals surface area contributed by atoms with Crippen molar-refractivity contribution in [3.8, 4) is 5.75 Å². The van der Waals surface area contributed by atoms with Gasteiger partial charge in [0, 0.05) is 33.7 Å². The molecule has 1 aliphatic rings. The van der Waals surface area contributed by atoms with Crippen LogP contribution in [0.1, 0.15) is 29.8 Å². The van der Waals surface area contributed by atoms with Gasteiger partial charge in [0.15, 0.2) is 0 Å². The number of aliphatic hydroxyl groups is 1. The maximum absolute atomic E-state index is 13.3. The molecule has 1 N–H and O–H groups in total. The van der Waals surface area contributed by atoms with E-state index in [-0.39, 0.29) is 0 Å². The molecule has 2 nitrogen and oxygen atoms in total. The van der Waals surface area contributed by atoms with Crippen molar-refractivity contribution in [2.45, 2.75) is 18.6 Å². The molecule has 1 aliphatic heterocycles. The van der Waals surface area contributed by atoms with E-state index < -0.39 is 18.0 Å². The van der Waals surface area contributed by atoms with Crippen LogP contribution in [0, 0.1) is 5.82 Å². The van der Waals surface area contributed by atoms with Crippen molar-refractivity contribution >= 4 is 23.2 Å². The molecule has 0 bridgehead atoms. The predicted molar refractivity (Wildman–Crippen MR) is 75.8 cm³/mol. The summed E-state index contributed by atoms with van der Waals surface area (Å²) < 4.78 is 19.1. The molecule has 104 valence electrons. The average molecular weight is 313 g/mol. The van der Waals surface area contributed by atoms with Crippen LogP contribution < -0.4 is 4.74 Å². The van der Waals surface area contributed by atoms with E-state index in [4.69, 9.17) is 27.9 Å². The van der Waals surface area contributed by atoms with Crippen LogP contribution in [-0.2, 0) is 0 Å². The third-order valence-corrected chi connectivity index (χ3v) is 4.02. The van der Waals surface area contributed by atoms with E-state index in [1.807, 2.05) is 0 Å². The fourth-order valence-electron chi connectivity index (χ4n) is 2.41. The molecule has 0 aliphatic carbocycles. The van der Waals surface area contributed by atoms with Crippen LogP contribution in [0.15, 0.2) is 36.4 Å². The minimum Gasteiger partial charge on any atom is -0.485 e. The summed E-state index contributed by atoms with van der Waals surface area (Å²) in [7, 11) is 0. The van der Waals surface area contributed by atoms with E-state index in [9.17, 15) is 9.50 Å². The zero-order valence-corrected chi connectivity index (χ0v) is 11.8. The first kappa shape index (κ1) is 13.7. The molecular weight excluding hydrogens is 302 g/mol. The molecule has 0 spiro atoms. The highest BCUT2D eigenvalue weighted by Crippen LogP contribution is 2.44. The Hall–Kier alpha value is -1.29. The van der Waals surface area contributed by atoms with Gasteiger partial charge in [-0.05, 0) is 24.3 Å². The molecular formula is C15H11Cl2FO2. The number of ether oxygens (including phenoxy) is 1. The SMILES string of the molecule is OC1CC(c2c(Cl)cccc2Cl)Oc2cc(F)ccc21. The molecule has 5 heteroatoms. The molecule has 1 heterocycles. The summed E-state index contributed by atoms with van der Waals surface area (Å²) >= 11 is 12.3. The molecule has 0 saturated heterocycles. The highest BCUT2D eigenvalue weighted by Gasteiger charge is 2.30. The minimum absolute atomic E-state index is 0.322. The predicted octanol–water partition coefficient (Wildman–Crippen LogP) is 4.69. The Labute approximate surface area is 125 Å². The van der Waals surface area contributed by atoms with Crippen molar-refractivity contribution in [3.63, 3.8) is 0 Å². The number of halogens is 3. The monoisotopic (exact) mass is 312 g/mol. The molecule has 0 aromatic heterocycles. The van der Waals surface area contributed by atoms with Crippen molar-refractivity contribution < 1.29 is 14.2 Å². The van der Waals surface area contributed by atoms with Gasteiger partial charge in [0.05, 0.1) is 6.10 Å². The Bertz CT molecular complexity index is 640. The average Bonchev–Trinajstić information content (AvgIpc) is 2.38. The van der Waals surface area contributed by atoms with Crippen LogP contribution in [0.4, 0.5) is 4.39 Å². The Morgan fingerprint density at radius 1 is 1.15 bits per heavy atom. The summed E-state index contributed by atoms with van der Waals surface area (Å²) in [5.74, 6) is -0.0911. The molecule has 2 aromatic carbocycles. The first-order valence-electron chi connectivity index (χ1n) is 6.14. The number of aliphatic hydroxyl groups excluding tert-OH is 1. The Morgan fingerprint density at radius 3 is 2.55 bits per heavy atom. The van der Waals surface area contributed by atoms with Gasteiger partial charge < -0.3 is 9.84 Å². The number of hydrogen-bond donors (Lipinski definition) is 1. The maximum atomic E-state index is 13.3. The lowest BCUT2D eigenvalue weighted by atomic mass is 9.95. The summed E-state index contributed by atoms with van der Waals surface area (Å²) in [4.78, 5) is 0. The van der Waals surface area contributed by atoms with Crippen LogP contribution in [0.25, 0.3) is 0 Å². The van der Waals surface area contributed by atoms with Gasteiger partial charge in [-0.15, -0.1) is 0 Å². The molecule has 2 aromatic rings. The summed E-state index contributed by atoms with van der Waals surface area (Å²) in [5, 5.41) is 11.1. The largest absolute Gasteiger partial charge is 0.485 e. The molecule has 2 atom stereocenters. The van der Waals surface area contributed by atoms with Crippen LogP contribution in [-0.4, -0.2) is 5.11 Å². The summed E-state index contributed by atoms with van der Waals surface area (Å²) in [6.07, 6.45) is -0.917. The molecule has 0 amide bonds. The zero-order valence-electron chi connectivity index (χ0n) is 10.3. The number of rotatable bonds is 1. The Kier molecular flexibility index (Phi) is 3.59. The molecule has 3 rings (SSSR count). The lowest BCUT2D eigenvalue weighted by Crippen LogP contribution is -2.19. The Morgan fingerprint density at radius 2 is 1.85 bits per heavy atom. The maximum Gasteiger partial charge on any atom is 0.129 e. The van der Waals surface area contributed by atoms with Gasteiger partial charge in [-0.25, -0.2) is 4.39 Å². The normalized spacial score (nSPS) is 21.2. The molecule has 0 radical (unpaired) electrons. The van der Waals surface area contributed by atoms with Crippen LogP contribution in [0.3, 0.4) is 0 Å². The fourth-order valence-corrected chi connectivity index (χ4v) is 3.05. The van der Waals surface area contributed by atoms with Crippen molar-refractivity contribution in [2.24, 2.45) is 0 Å². The number of benzene rings is 2. The third-order valence-electron chi connectivity index (χ3n) is 3.36. The van der Waals surface area contributed by atoms with E-state index in [2.05, 4.69) is 0 Å². The summed E-state index contributed by atoms with van der Waals surface area (Å²) in [6.45, 7) is 0. The number of fused-ring (bicyclic) bond motifs is 1. The van der Waals surface area contributed by atoms with E-state index in [1.165, 1.54) is 18.2 Å². The first-order chi connectivity index (χ1) is 9.56. The van der Waals surface area contributed by atoms with Crippen molar-refractivity contribution in [3.05, 3.63) is 63.4 Å². The van der Waals surface area contributed by atoms with Gasteiger partial charge in [0.1, 0.15) is 17.7 Å². The van der Waals surface area contributed by atoms with Crippen molar-refractivity contribution in [1.82, 2.24) is 0 Å². The second-order valence-electron chi connectivity index (χ2n) is 4.68.